The lowest BCUT2D eigenvalue weighted by molar-refractivity contribution is -0.222. The Balaban J connectivity index is 0.00000222. The highest BCUT2D eigenvalue weighted by Gasteiger charge is 2.32. The van der Waals surface area contributed by atoms with Gasteiger partial charge in [-0.1, -0.05) is 86.1 Å². The summed E-state index contributed by atoms with van der Waals surface area (Å²) in [6.45, 7) is 7.92. The van der Waals surface area contributed by atoms with Gasteiger partial charge in [-0.15, -0.1) is 0 Å². The Labute approximate surface area is 214 Å². The first-order valence-electron chi connectivity index (χ1n) is 12.1. The molecule has 6 nitrogen and oxygen atoms in total. The average Bonchev–Trinajstić information content (AvgIpc) is 2.91. The number of nitrogens with zero attached hydrogens (tertiary/aromatic N) is 1. The van der Waals surface area contributed by atoms with Gasteiger partial charge in [-0.25, -0.2) is 9.18 Å². The Bertz CT molecular complexity index is 1010. The predicted molar refractivity (Wildman–Crippen MR) is 145 cm³/mol. The summed E-state index contributed by atoms with van der Waals surface area (Å²) in [5.74, 6) is -0.141. The van der Waals surface area contributed by atoms with Crippen LogP contribution in [0.15, 0.2) is 84.9 Å². The first-order chi connectivity index (χ1) is 17.4. The molecule has 3 N–H and O–H groups in total. The molecule has 0 saturated heterocycles. The van der Waals surface area contributed by atoms with Crippen LogP contribution in [0.1, 0.15) is 37.8 Å². The third-order valence-electron chi connectivity index (χ3n) is 6.04. The number of benzene rings is 3. The summed E-state index contributed by atoms with van der Waals surface area (Å²) < 4.78 is 13.7. The van der Waals surface area contributed by atoms with Crippen molar-refractivity contribution in [2.24, 2.45) is 5.92 Å². The fourth-order valence-corrected chi connectivity index (χ4v) is 4.04. The maximum absolute atomic E-state index is 13.7. The number of hydrogen-bond donors (Lipinski definition) is 3. The van der Waals surface area contributed by atoms with Crippen LogP contribution in [0.4, 0.5) is 14.9 Å². The van der Waals surface area contributed by atoms with Gasteiger partial charge in [0, 0.05) is 20.1 Å². The molecule has 0 radical (unpaired) electrons. The molecule has 0 aliphatic carbocycles. The number of carbonyl (C=O) groups is 1. The van der Waals surface area contributed by atoms with Crippen molar-refractivity contribution in [3.8, 4) is 0 Å². The average molecular weight is 493 g/mol. The molecule has 0 spiro atoms. The van der Waals surface area contributed by atoms with Crippen LogP contribution >= 0.6 is 0 Å². The van der Waals surface area contributed by atoms with E-state index in [9.17, 15) is 9.18 Å². The first kappa shape index (κ1) is 28.7. The molecule has 7 heteroatoms. The number of nitrogens with one attached hydrogen (secondary N) is 3. The molecule has 0 heterocycles. The van der Waals surface area contributed by atoms with Crippen LogP contribution in [-0.4, -0.2) is 37.9 Å². The van der Waals surface area contributed by atoms with E-state index in [0.717, 1.165) is 24.0 Å². The summed E-state index contributed by atoms with van der Waals surface area (Å²) in [6.07, 6.45) is 1.72. The van der Waals surface area contributed by atoms with Crippen molar-refractivity contribution < 1.29 is 14.0 Å². The van der Waals surface area contributed by atoms with Crippen molar-refractivity contribution in [3.05, 3.63) is 102 Å². The zero-order valence-corrected chi connectivity index (χ0v) is 21.3. The third kappa shape index (κ3) is 8.29. The summed E-state index contributed by atoms with van der Waals surface area (Å²) in [5, 5.41) is 12.8. The number of rotatable bonds is 11. The van der Waals surface area contributed by atoms with E-state index in [-0.39, 0.29) is 5.69 Å². The highest BCUT2D eigenvalue weighted by molar-refractivity contribution is 5.89. The molecule has 0 aliphatic heterocycles. The minimum atomic E-state index is -0.631. The van der Waals surface area contributed by atoms with Gasteiger partial charge >= 0.3 is 6.03 Å². The van der Waals surface area contributed by atoms with Crippen LogP contribution in [0.5, 0.6) is 0 Å². The summed E-state index contributed by atoms with van der Waals surface area (Å²) >= 11 is 0. The molecule has 36 heavy (non-hydrogen) atoms. The SMILES string of the molecule is C=N.CCC(CCNC(=O)Nc1ccccc1F)CN(C)OC(C)(c1ccccc1)c1ccccc1. The smallest absolute Gasteiger partial charge is 0.319 e. The lowest BCUT2D eigenvalue weighted by Crippen LogP contribution is -2.38. The number of hydroxylamine groups is 2. The van der Waals surface area contributed by atoms with Crippen molar-refractivity contribution in [1.82, 2.24) is 10.4 Å². The Hall–Kier alpha value is -3.55. The molecule has 3 aromatic carbocycles. The lowest BCUT2D eigenvalue weighted by Gasteiger charge is -2.36. The Kier molecular flexibility index (Phi) is 11.8. The molecular formula is C29H37FN4O2. The van der Waals surface area contributed by atoms with E-state index in [1.165, 1.54) is 12.1 Å². The van der Waals surface area contributed by atoms with Gasteiger partial charge in [0.25, 0.3) is 0 Å². The maximum atomic E-state index is 13.7. The van der Waals surface area contributed by atoms with Crippen LogP contribution in [0.2, 0.25) is 0 Å². The van der Waals surface area contributed by atoms with Crippen LogP contribution in [0.25, 0.3) is 0 Å². The number of anilines is 1. The van der Waals surface area contributed by atoms with Crippen molar-refractivity contribution in [2.45, 2.75) is 32.3 Å². The van der Waals surface area contributed by atoms with Gasteiger partial charge in [-0.05, 0) is 49.2 Å². The van der Waals surface area contributed by atoms with Gasteiger partial charge in [-0.2, -0.15) is 5.06 Å². The third-order valence-corrected chi connectivity index (χ3v) is 6.04. The van der Waals surface area contributed by atoms with Crippen molar-refractivity contribution >= 4 is 18.4 Å². The van der Waals surface area contributed by atoms with E-state index in [4.69, 9.17) is 10.2 Å². The molecule has 0 bridgehead atoms. The fourth-order valence-electron chi connectivity index (χ4n) is 4.04. The number of hydrogen-bond acceptors (Lipinski definition) is 4. The topological polar surface area (TPSA) is 77.5 Å². The van der Waals surface area contributed by atoms with E-state index in [0.29, 0.717) is 19.0 Å². The number of halogens is 1. The minimum absolute atomic E-state index is 0.168. The monoisotopic (exact) mass is 492 g/mol. The van der Waals surface area contributed by atoms with E-state index < -0.39 is 17.4 Å². The van der Waals surface area contributed by atoms with Gasteiger partial charge in [0.05, 0.1) is 5.69 Å². The van der Waals surface area contributed by atoms with Crippen LogP contribution in [-0.2, 0) is 10.4 Å². The Morgan fingerprint density at radius 3 is 2.06 bits per heavy atom. The summed E-state index contributed by atoms with van der Waals surface area (Å²) in [5.41, 5.74) is 1.69. The minimum Gasteiger partial charge on any atom is -0.338 e. The summed E-state index contributed by atoms with van der Waals surface area (Å²) in [7, 11) is 1.95. The molecule has 3 rings (SSSR count). The van der Waals surface area contributed by atoms with E-state index in [1.807, 2.05) is 48.5 Å². The normalized spacial score (nSPS) is 11.8. The second-order valence-electron chi connectivity index (χ2n) is 8.59. The molecule has 3 aromatic rings. The molecule has 0 aromatic heterocycles. The molecule has 2 amide bonds. The largest absolute Gasteiger partial charge is 0.338 e. The Morgan fingerprint density at radius 2 is 1.53 bits per heavy atom. The molecule has 0 saturated carbocycles. The van der Waals surface area contributed by atoms with Gasteiger partial charge in [0.1, 0.15) is 11.4 Å². The molecule has 1 atom stereocenters. The zero-order valence-electron chi connectivity index (χ0n) is 21.3. The van der Waals surface area contributed by atoms with Gasteiger partial charge in [0.2, 0.25) is 0 Å². The molecule has 0 aliphatic rings. The van der Waals surface area contributed by atoms with E-state index >= 15 is 0 Å². The van der Waals surface area contributed by atoms with Crippen LogP contribution < -0.4 is 10.6 Å². The molecule has 1 unspecified atom stereocenters. The van der Waals surface area contributed by atoms with Gasteiger partial charge in [0.15, 0.2) is 0 Å². The van der Waals surface area contributed by atoms with Crippen LogP contribution in [0.3, 0.4) is 0 Å². The highest BCUT2D eigenvalue weighted by atomic mass is 19.1. The van der Waals surface area contributed by atoms with Gasteiger partial charge in [-0.3, -0.25) is 4.84 Å². The number of carbonyl (C=O) groups excluding carboxylic acids is 1. The molecular weight excluding hydrogens is 455 g/mol. The number of urea groups is 1. The van der Waals surface area contributed by atoms with Crippen molar-refractivity contribution in [2.75, 3.05) is 25.5 Å². The molecule has 192 valence electrons. The lowest BCUT2D eigenvalue weighted by atomic mass is 9.88. The quantitative estimate of drug-likeness (QED) is 0.212. The summed E-state index contributed by atoms with van der Waals surface area (Å²) in [6, 6.07) is 26.1. The predicted octanol–water partition coefficient (Wildman–Crippen LogP) is 6.46. The highest BCUT2D eigenvalue weighted by Crippen LogP contribution is 2.34. The standard InChI is InChI=1S/C28H34FN3O2.CH3N/c1-4-22(19-20-30-27(33)31-26-18-12-11-17-25(26)29)21-32(3)34-28(2,23-13-7-5-8-14-23)24-15-9-6-10-16-24;1-2/h5-18,22H,4,19-21H2,1-3H3,(H2,30,31,33);2H,1H2. The number of amides is 2. The van der Waals surface area contributed by atoms with E-state index in [1.54, 1.807) is 12.1 Å². The Morgan fingerprint density at radius 1 is 1.00 bits per heavy atom. The maximum Gasteiger partial charge on any atom is 0.319 e. The number of para-hydroxylation sites is 1. The van der Waals surface area contributed by atoms with Crippen molar-refractivity contribution in [3.63, 3.8) is 0 Å². The molecule has 0 fully saturated rings. The second-order valence-corrected chi connectivity index (χ2v) is 8.59. The van der Waals surface area contributed by atoms with E-state index in [2.05, 4.69) is 55.5 Å². The van der Waals surface area contributed by atoms with Crippen molar-refractivity contribution in [1.29, 1.82) is 5.41 Å². The van der Waals surface area contributed by atoms with Crippen LogP contribution in [0, 0.1) is 17.1 Å². The fraction of sp³-hybridized carbons (Fsp3) is 0.310. The second kappa shape index (κ2) is 14.8. The first-order valence-corrected chi connectivity index (χ1v) is 12.1. The zero-order chi connectivity index (χ0) is 26.4. The summed E-state index contributed by atoms with van der Waals surface area (Å²) in [4.78, 5) is 18.7. The van der Waals surface area contributed by atoms with Gasteiger partial charge < -0.3 is 16.0 Å².